The number of amidine groups is 1. The summed E-state index contributed by atoms with van der Waals surface area (Å²) in [4.78, 5) is 28.6. The van der Waals surface area contributed by atoms with Crippen molar-refractivity contribution in [2.24, 2.45) is 9.98 Å². The summed E-state index contributed by atoms with van der Waals surface area (Å²) in [5.41, 5.74) is 2.35. The van der Waals surface area contributed by atoms with Gasteiger partial charge in [0, 0.05) is 13.0 Å². The molecule has 1 saturated heterocycles. The number of ether oxygens (including phenoxy) is 1. The molecule has 2 aromatic rings. The van der Waals surface area contributed by atoms with Gasteiger partial charge in [-0.15, -0.1) is 0 Å². The smallest absolute Gasteiger partial charge is 0.255 e. The van der Waals surface area contributed by atoms with E-state index in [0.29, 0.717) is 12.4 Å². The second kappa shape index (κ2) is 7.07. The van der Waals surface area contributed by atoms with Gasteiger partial charge in [-0.05, 0) is 18.9 Å². The summed E-state index contributed by atoms with van der Waals surface area (Å²) in [7, 11) is 1.77. The van der Waals surface area contributed by atoms with Crippen LogP contribution >= 0.6 is 0 Å². The molecule has 4 heterocycles. The van der Waals surface area contributed by atoms with E-state index in [1.54, 1.807) is 18.3 Å². The van der Waals surface area contributed by atoms with Gasteiger partial charge in [0.05, 0.1) is 25.4 Å². The molecule has 0 saturated carbocycles. The van der Waals surface area contributed by atoms with E-state index >= 15 is 0 Å². The van der Waals surface area contributed by atoms with Crippen LogP contribution < -0.4 is 0 Å². The lowest BCUT2D eigenvalue weighted by Crippen LogP contribution is -2.51. The van der Waals surface area contributed by atoms with Gasteiger partial charge in [0.2, 0.25) is 5.89 Å². The maximum Gasteiger partial charge on any atom is 0.255 e. The third-order valence-electron chi connectivity index (χ3n) is 5.54. The normalized spacial score (nSPS) is 29.2. The number of aryl methyl sites for hydroxylation is 1. The van der Waals surface area contributed by atoms with Gasteiger partial charge in [-0.25, -0.2) is 9.98 Å². The fourth-order valence-electron chi connectivity index (χ4n) is 3.85. The molecular formula is C20H22N6O3. The number of aromatic nitrogens is 2. The van der Waals surface area contributed by atoms with Crippen LogP contribution in [0, 0.1) is 6.92 Å². The monoisotopic (exact) mass is 395 g/mol. The third kappa shape index (κ3) is 3.31. The quantitative estimate of drug-likeness (QED) is 0.781. The Morgan fingerprint density at radius 2 is 2.10 bits per heavy atom. The summed E-state index contributed by atoms with van der Waals surface area (Å²) >= 11 is 0. The van der Waals surface area contributed by atoms with Crippen molar-refractivity contribution in [2.45, 2.75) is 44.1 Å². The van der Waals surface area contributed by atoms with Crippen LogP contribution in [0.25, 0.3) is 0 Å². The molecule has 150 valence electrons. The number of benzene rings is 1. The van der Waals surface area contributed by atoms with Crippen LogP contribution in [0.4, 0.5) is 0 Å². The Morgan fingerprint density at radius 1 is 1.28 bits per heavy atom. The standard InChI is InChI=1S/C20H22N6O3/c1-12-3-5-13(6-4-12)15-7-14(9-28-15)18-23-16(29-24-18)8-26-11-22-19-17(20(26)27)25(2)10-21-19/h3-6,10-11,14-15,17,19H,7-9H2,1-2H3/t14-,15+,17?,19?/m0/s1/i11D. The molecule has 0 radical (unpaired) electrons. The molecule has 5 rings (SSSR count). The van der Waals surface area contributed by atoms with Crippen LogP contribution in [0.2, 0.25) is 0 Å². The molecule has 1 aromatic carbocycles. The molecule has 0 N–H and O–H groups in total. The maximum absolute atomic E-state index is 12.8. The highest BCUT2D eigenvalue weighted by atomic mass is 16.5. The van der Waals surface area contributed by atoms with E-state index in [9.17, 15) is 4.79 Å². The maximum atomic E-state index is 12.8. The lowest BCUT2D eigenvalue weighted by Gasteiger charge is -2.29. The second-order valence-corrected chi connectivity index (χ2v) is 7.65. The number of carbonyl (C=O) groups is 1. The Kier molecular flexibility index (Phi) is 4.11. The van der Waals surface area contributed by atoms with E-state index in [1.807, 2.05) is 0 Å². The van der Waals surface area contributed by atoms with Gasteiger partial charge < -0.3 is 14.2 Å². The molecule has 3 aliphatic rings. The number of carbonyl (C=O) groups excluding carboxylic acids is 1. The van der Waals surface area contributed by atoms with Crippen molar-refractivity contribution < 1.29 is 15.4 Å². The molecule has 1 aromatic heterocycles. The van der Waals surface area contributed by atoms with Crippen LogP contribution in [0.1, 0.15) is 42.7 Å². The van der Waals surface area contributed by atoms with Crippen LogP contribution in [0.15, 0.2) is 38.8 Å². The number of fused-ring (bicyclic) bond motifs is 1. The molecule has 9 heteroatoms. The van der Waals surface area contributed by atoms with Gasteiger partial charge in [0.1, 0.15) is 7.92 Å². The Labute approximate surface area is 169 Å². The molecule has 0 bridgehead atoms. The number of nitrogens with zero attached hydrogens (tertiary/aromatic N) is 6. The molecule has 0 spiro atoms. The molecule has 3 aliphatic heterocycles. The van der Waals surface area contributed by atoms with Gasteiger partial charge >= 0.3 is 0 Å². The van der Waals surface area contributed by atoms with Gasteiger partial charge in [-0.1, -0.05) is 35.0 Å². The van der Waals surface area contributed by atoms with Crippen LogP contribution in [-0.4, -0.2) is 64.4 Å². The number of hydrogen-bond donors (Lipinski definition) is 0. The van der Waals surface area contributed by atoms with Gasteiger partial charge in [0.25, 0.3) is 5.91 Å². The predicted octanol–water partition coefficient (Wildman–Crippen LogP) is 1.66. The zero-order valence-electron chi connectivity index (χ0n) is 17.2. The highest BCUT2D eigenvalue weighted by molar-refractivity contribution is 5.96. The first kappa shape index (κ1) is 16.8. The van der Waals surface area contributed by atoms with Crippen LogP contribution in [0.3, 0.4) is 0 Å². The van der Waals surface area contributed by atoms with Crippen LogP contribution in [0.5, 0.6) is 0 Å². The Hall–Kier alpha value is -3.07. The fourth-order valence-corrected chi connectivity index (χ4v) is 3.85. The molecule has 2 unspecified atom stereocenters. The molecule has 29 heavy (non-hydrogen) atoms. The highest BCUT2D eigenvalue weighted by Crippen LogP contribution is 2.37. The van der Waals surface area contributed by atoms with E-state index in [-0.39, 0.29) is 36.7 Å². The van der Waals surface area contributed by atoms with Crippen LogP contribution in [-0.2, 0) is 16.1 Å². The average molecular weight is 395 g/mol. The van der Waals surface area contributed by atoms with Gasteiger partial charge in [0.15, 0.2) is 18.0 Å². The first-order chi connectivity index (χ1) is 14.5. The zero-order chi connectivity index (χ0) is 20.8. The SMILES string of the molecule is [2H]C1=NC2N=CN(C)C2C(=O)N1Cc1nc([C@@H]2CO[C@@H](c3ccc(C)cc3)C2)no1. The van der Waals surface area contributed by atoms with E-state index < -0.39 is 12.2 Å². The topological polar surface area (TPSA) is 96.4 Å². The minimum absolute atomic E-state index is 0.00281. The summed E-state index contributed by atoms with van der Waals surface area (Å²) in [5.74, 6) is 0.612. The molecule has 9 nitrogen and oxygen atoms in total. The summed E-state index contributed by atoms with van der Waals surface area (Å²) in [6.07, 6.45) is 1.64. The first-order valence-corrected chi connectivity index (χ1v) is 9.61. The van der Waals surface area contributed by atoms with E-state index in [2.05, 4.69) is 51.3 Å². The number of aliphatic imine (C=N–C) groups is 2. The fraction of sp³-hybridized carbons (Fsp3) is 0.450. The van der Waals surface area contributed by atoms with Crippen molar-refractivity contribution in [3.8, 4) is 0 Å². The average Bonchev–Trinajstić information content (AvgIpc) is 3.46. The number of hydrogen-bond acceptors (Lipinski definition) is 8. The van der Waals surface area contributed by atoms with E-state index in [4.69, 9.17) is 10.6 Å². The van der Waals surface area contributed by atoms with Crippen molar-refractivity contribution in [1.82, 2.24) is 19.9 Å². The summed E-state index contributed by atoms with van der Waals surface area (Å²) in [6.45, 7) is 2.58. The Morgan fingerprint density at radius 3 is 2.93 bits per heavy atom. The van der Waals surface area contributed by atoms with Crippen molar-refractivity contribution in [3.63, 3.8) is 0 Å². The lowest BCUT2D eigenvalue weighted by molar-refractivity contribution is -0.132. The highest BCUT2D eigenvalue weighted by Gasteiger charge is 2.40. The van der Waals surface area contributed by atoms with E-state index in [0.717, 1.165) is 12.0 Å². The predicted molar refractivity (Wildman–Crippen MR) is 104 cm³/mol. The largest absolute Gasteiger partial charge is 0.373 e. The number of likely N-dealkylation sites (N-methyl/N-ethyl adjacent to an activating group) is 1. The van der Waals surface area contributed by atoms with E-state index in [1.165, 1.54) is 10.5 Å². The van der Waals surface area contributed by atoms with Crippen molar-refractivity contribution in [2.75, 3.05) is 13.7 Å². The van der Waals surface area contributed by atoms with Crippen molar-refractivity contribution in [3.05, 3.63) is 47.1 Å². The molecular weight excluding hydrogens is 372 g/mol. The Bertz CT molecular complexity index is 1020. The minimum atomic E-state index is -0.557. The summed E-state index contributed by atoms with van der Waals surface area (Å²) < 4.78 is 19.4. The zero-order valence-corrected chi connectivity index (χ0v) is 16.2. The Balaban J connectivity index is 1.27. The number of amides is 1. The van der Waals surface area contributed by atoms with Gasteiger partial charge in [-0.2, -0.15) is 4.98 Å². The molecule has 0 aliphatic carbocycles. The van der Waals surface area contributed by atoms with Crippen molar-refractivity contribution in [1.29, 1.82) is 0 Å². The van der Waals surface area contributed by atoms with Crippen molar-refractivity contribution >= 4 is 18.6 Å². The summed E-state index contributed by atoms with van der Waals surface area (Å²) in [5, 5.41) is 4.10. The third-order valence-corrected chi connectivity index (χ3v) is 5.54. The first-order valence-electron chi connectivity index (χ1n) is 10.1. The molecule has 1 fully saturated rings. The summed E-state index contributed by atoms with van der Waals surface area (Å²) in [6, 6.07) is 7.78. The second-order valence-electron chi connectivity index (χ2n) is 7.65. The minimum Gasteiger partial charge on any atom is -0.373 e. The van der Waals surface area contributed by atoms with Gasteiger partial charge in [-0.3, -0.25) is 9.69 Å². The molecule has 1 amide bonds. The number of rotatable bonds is 4. The lowest BCUT2D eigenvalue weighted by atomic mass is 9.99. The molecule has 4 atom stereocenters.